The maximum Gasteiger partial charge on any atom is 0.343 e. The third kappa shape index (κ3) is 1.40. The molecule has 0 aliphatic carbocycles. The van der Waals surface area contributed by atoms with Crippen LogP contribution < -0.4 is 0 Å². The van der Waals surface area contributed by atoms with Crippen molar-refractivity contribution in [3.05, 3.63) is 0 Å². The Morgan fingerprint density at radius 2 is 2.09 bits per heavy atom. The lowest BCUT2D eigenvalue weighted by atomic mass is 9.82. The zero-order valence-corrected chi connectivity index (χ0v) is 6.46. The van der Waals surface area contributed by atoms with E-state index in [0.29, 0.717) is 0 Å². The van der Waals surface area contributed by atoms with Crippen LogP contribution in [0.3, 0.4) is 0 Å². The Bertz CT molecular complexity index is 206. The molecule has 0 aromatic rings. The van der Waals surface area contributed by atoms with Crippen molar-refractivity contribution >= 4 is 11.9 Å². The van der Waals surface area contributed by atoms with E-state index in [-0.39, 0.29) is 6.42 Å². The minimum atomic E-state index is -1.18. The first-order valence-corrected chi connectivity index (χ1v) is 3.36. The van der Waals surface area contributed by atoms with E-state index in [1.54, 1.807) is 13.8 Å². The maximum absolute atomic E-state index is 10.7. The lowest BCUT2D eigenvalue weighted by Gasteiger charge is -2.31. The summed E-state index contributed by atoms with van der Waals surface area (Å²) in [5.41, 5.74) is -0.688. The Morgan fingerprint density at radius 1 is 1.55 bits per heavy atom. The first kappa shape index (κ1) is 8.20. The molecule has 1 aliphatic heterocycles. The third-order valence-corrected chi connectivity index (χ3v) is 1.78. The van der Waals surface area contributed by atoms with E-state index in [1.165, 1.54) is 0 Å². The number of esters is 2. The predicted molar refractivity (Wildman–Crippen MR) is 35.5 cm³/mol. The second-order valence-electron chi connectivity index (χ2n) is 3.36. The summed E-state index contributed by atoms with van der Waals surface area (Å²) in [5, 5.41) is 9.20. The number of ether oxygens (including phenoxy) is 1. The van der Waals surface area contributed by atoms with Gasteiger partial charge in [-0.05, 0) is 0 Å². The van der Waals surface area contributed by atoms with Crippen LogP contribution in [0.5, 0.6) is 0 Å². The number of aliphatic hydroxyl groups is 1. The Morgan fingerprint density at radius 3 is 2.55 bits per heavy atom. The largest absolute Gasteiger partial charge is 0.391 e. The van der Waals surface area contributed by atoms with Crippen molar-refractivity contribution in [3.63, 3.8) is 0 Å². The van der Waals surface area contributed by atoms with Crippen LogP contribution in [0, 0.1) is 5.41 Å². The van der Waals surface area contributed by atoms with E-state index >= 15 is 0 Å². The number of hydrogen-bond acceptors (Lipinski definition) is 4. The molecular formula is C7H10O4. The van der Waals surface area contributed by atoms with Crippen LogP contribution in [-0.2, 0) is 14.3 Å². The SMILES string of the molecule is CC1(C)CC(=O)OC(=O)[C@H]1O. The fourth-order valence-electron chi connectivity index (χ4n) is 0.992. The van der Waals surface area contributed by atoms with E-state index < -0.39 is 23.5 Å². The quantitative estimate of drug-likeness (QED) is 0.393. The molecule has 0 spiro atoms. The van der Waals surface area contributed by atoms with Gasteiger partial charge in [0.25, 0.3) is 0 Å². The van der Waals surface area contributed by atoms with Gasteiger partial charge in [-0.2, -0.15) is 0 Å². The van der Waals surface area contributed by atoms with Crippen LogP contribution in [0.1, 0.15) is 20.3 Å². The summed E-state index contributed by atoms with van der Waals surface area (Å²) in [7, 11) is 0. The summed E-state index contributed by atoms with van der Waals surface area (Å²) in [6, 6.07) is 0. The molecule has 1 fully saturated rings. The molecule has 0 radical (unpaired) electrons. The Labute approximate surface area is 64.2 Å². The molecule has 0 aromatic heterocycles. The highest BCUT2D eigenvalue weighted by atomic mass is 16.6. The third-order valence-electron chi connectivity index (χ3n) is 1.78. The highest BCUT2D eigenvalue weighted by Gasteiger charge is 2.42. The second kappa shape index (κ2) is 2.30. The minimum absolute atomic E-state index is 0.0832. The smallest absolute Gasteiger partial charge is 0.343 e. The topological polar surface area (TPSA) is 63.6 Å². The lowest BCUT2D eigenvalue weighted by molar-refractivity contribution is -0.181. The van der Waals surface area contributed by atoms with Gasteiger partial charge in [0.2, 0.25) is 0 Å². The molecule has 0 unspecified atom stereocenters. The van der Waals surface area contributed by atoms with E-state index in [0.717, 1.165) is 0 Å². The number of carbonyl (C=O) groups excluding carboxylic acids is 2. The minimum Gasteiger partial charge on any atom is -0.391 e. The number of rotatable bonds is 0. The summed E-state index contributed by atoms with van der Waals surface area (Å²) in [6.07, 6.45) is -1.10. The molecule has 1 N–H and O–H groups in total. The molecule has 0 aromatic carbocycles. The van der Waals surface area contributed by atoms with Gasteiger partial charge in [0, 0.05) is 5.41 Å². The van der Waals surface area contributed by atoms with Gasteiger partial charge in [0.05, 0.1) is 6.42 Å². The highest BCUT2D eigenvalue weighted by Crippen LogP contribution is 2.30. The van der Waals surface area contributed by atoms with Crippen LogP contribution in [0.15, 0.2) is 0 Å². The van der Waals surface area contributed by atoms with E-state index in [9.17, 15) is 14.7 Å². The van der Waals surface area contributed by atoms with Crippen molar-refractivity contribution < 1.29 is 19.4 Å². The number of carbonyl (C=O) groups is 2. The standard InChI is InChI=1S/C7H10O4/c1-7(2)3-4(8)11-6(10)5(7)9/h5,9H,3H2,1-2H3/t5-/m1/s1. The molecule has 0 bridgehead atoms. The summed E-state index contributed by atoms with van der Waals surface area (Å²) < 4.78 is 4.21. The van der Waals surface area contributed by atoms with Gasteiger partial charge < -0.3 is 9.84 Å². The lowest BCUT2D eigenvalue weighted by Crippen LogP contribution is -2.45. The average Bonchev–Trinajstić information content (AvgIpc) is 1.81. The zero-order valence-electron chi connectivity index (χ0n) is 6.46. The molecule has 11 heavy (non-hydrogen) atoms. The molecule has 1 heterocycles. The van der Waals surface area contributed by atoms with Gasteiger partial charge in [0.1, 0.15) is 0 Å². The summed E-state index contributed by atoms with van der Waals surface area (Å²) in [6.45, 7) is 3.30. The van der Waals surface area contributed by atoms with Crippen LogP contribution in [0.25, 0.3) is 0 Å². The first-order chi connectivity index (χ1) is 4.93. The fourth-order valence-corrected chi connectivity index (χ4v) is 0.992. The van der Waals surface area contributed by atoms with Crippen molar-refractivity contribution in [2.75, 3.05) is 0 Å². The van der Waals surface area contributed by atoms with Crippen LogP contribution in [0.4, 0.5) is 0 Å². The normalized spacial score (nSPS) is 29.9. The molecular weight excluding hydrogens is 148 g/mol. The van der Waals surface area contributed by atoms with Crippen LogP contribution >= 0.6 is 0 Å². The van der Waals surface area contributed by atoms with Gasteiger partial charge >= 0.3 is 11.9 Å². The monoisotopic (exact) mass is 158 g/mol. The summed E-state index contributed by atoms with van der Waals surface area (Å²) in [5.74, 6) is -1.41. The molecule has 1 rings (SSSR count). The van der Waals surface area contributed by atoms with Gasteiger partial charge in [-0.15, -0.1) is 0 Å². The maximum atomic E-state index is 10.7. The fraction of sp³-hybridized carbons (Fsp3) is 0.714. The number of aliphatic hydroxyl groups excluding tert-OH is 1. The molecule has 1 atom stereocenters. The van der Waals surface area contributed by atoms with Crippen molar-refractivity contribution in [2.45, 2.75) is 26.4 Å². The Balaban J connectivity index is 2.83. The Hall–Kier alpha value is -0.900. The molecule has 62 valence electrons. The molecule has 1 aliphatic rings. The number of hydrogen-bond donors (Lipinski definition) is 1. The Kier molecular flexibility index (Phi) is 1.72. The number of cyclic esters (lactones) is 2. The van der Waals surface area contributed by atoms with E-state index in [2.05, 4.69) is 4.74 Å². The molecule has 0 saturated carbocycles. The second-order valence-corrected chi connectivity index (χ2v) is 3.36. The highest BCUT2D eigenvalue weighted by molar-refractivity contribution is 5.91. The average molecular weight is 158 g/mol. The summed E-state index contributed by atoms with van der Waals surface area (Å²) >= 11 is 0. The van der Waals surface area contributed by atoms with Gasteiger partial charge in [-0.3, -0.25) is 4.79 Å². The van der Waals surface area contributed by atoms with E-state index in [1.807, 2.05) is 0 Å². The molecule has 1 saturated heterocycles. The summed E-state index contributed by atoms with van der Waals surface area (Å²) in [4.78, 5) is 21.4. The zero-order chi connectivity index (χ0) is 8.65. The first-order valence-electron chi connectivity index (χ1n) is 3.36. The molecule has 4 heteroatoms. The molecule has 0 amide bonds. The van der Waals surface area contributed by atoms with Crippen molar-refractivity contribution in [3.8, 4) is 0 Å². The van der Waals surface area contributed by atoms with Crippen molar-refractivity contribution in [2.24, 2.45) is 5.41 Å². The van der Waals surface area contributed by atoms with Gasteiger partial charge in [0.15, 0.2) is 6.10 Å². The van der Waals surface area contributed by atoms with Crippen molar-refractivity contribution in [1.82, 2.24) is 0 Å². The van der Waals surface area contributed by atoms with Gasteiger partial charge in [-0.25, -0.2) is 4.79 Å². The van der Waals surface area contributed by atoms with Crippen molar-refractivity contribution in [1.29, 1.82) is 0 Å². The van der Waals surface area contributed by atoms with Gasteiger partial charge in [-0.1, -0.05) is 13.8 Å². The van der Waals surface area contributed by atoms with E-state index in [4.69, 9.17) is 0 Å². The molecule has 4 nitrogen and oxygen atoms in total. The van der Waals surface area contributed by atoms with Crippen LogP contribution in [0.2, 0.25) is 0 Å². The van der Waals surface area contributed by atoms with Crippen LogP contribution in [-0.4, -0.2) is 23.1 Å². The predicted octanol–water partition coefficient (Wildman–Crippen LogP) is -0.153.